The number of hydrogen-bond acceptors (Lipinski definition) is 4. The van der Waals surface area contributed by atoms with Crippen molar-refractivity contribution in [1.82, 2.24) is 0 Å². The Morgan fingerprint density at radius 3 is 2.79 bits per heavy atom. The standard InChI is InChI=1S/C21H21ClN2O3S/c22-15-11-13(9-10-17(15)27-14-5-1-2-6-14)23-20(25)12-19-21(26)24-16-7-3-4-8-18(16)28-19/h3-4,7-11,14,19H,1-2,5-6,12H2,(H,23,25)(H,24,26). The quantitative estimate of drug-likeness (QED) is 0.711. The fourth-order valence-electron chi connectivity index (χ4n) is 3.47. The van der Waals surface area contributed by atoms with E-state index in [1.54, 1.807) is 18.2 Å². The van der Waals surface area contributed by atoms with Gasteiger partial charge in [0.2, 0.25) is 11.8 Å². The number of ether oxygens (including phenoxy) is 1. The van der Waals surface area contributed by atoms with Crippen LogP contribution in [0.15, 0.2) is 47.4 Å². The van der Waals surface area contributed by atoms with Gasteiger partial charge in [0.15, 0.2) is 0 Å². The van der Waals surface area contributed by atoms with Gasteiger partial charge in [0.25, 0.3) is 0 Å². The van der Waals surface area contributed by atoms with E-state index >= 15 is 0 Å². The van der Waals surface area contributed by atoms with Crippen molar-refractivity contribution in [1.29, 1.82) is 0 Å². The second-order valence-electron chi connectivity index (χ2n) is 7.01. The number of amides is 2. The lowest BCUT2D eigenvalue weighted by Crippen LogP contribution is -2.32. The second-order valence-corrected chi connectivity index (χ2v) is 8.67. The molecule has 2 aliphatic rings. The molecular weight excluding hydrogens is 396 g/mol. The molecule has 7 heteroatoms. The molecule has 2 amide bonds. The summed E-state index contributed by atoms with van der Waals surface area (Å²) in [7, 11) is 0. The van der Waals surface area contributed by atoms with Crippen molar-refractivity contribution < 1.29 is 14.3 Å². The van der Waals surface area contributed by atoms with Gasteiger partial charge in [0.05, 0.1) is 22.1 Å². The highest BCUT2D eigenvalue weighted by molar-refractivity contribution is 8.01. The van der Waals surface area contributed by atoms with Crippen molar-refractivity contribution in [3.05, 3.63) is 47.5 Å². The Bertz CT molecular complexity index is 899. The van der Waals surface area contributed by atoms with Gasteiger partial charge in [-0.05, 0) is 56.0 Å². The maximum absolute atomic E-state index is 12.4. The zero-order valence-electron chi connectivity index (χ0n) is 15.2. The van der Waals surface area contributed by atoms with E-state index in [0.29, 0.717) is 16.5 Å². The lowest BCUT2D eigenvalue weighted by molar-refractivity contribution is -0.120. The molecule has 1 saturated carbocycles. The molecular formula is C21H21ClN2O3S. The number of benzene rings is 2. The first-order chi connectivity index (χ1) is 13.6. The zero-order valence-corrected chi connectivity index (χ0v) is 16.8. The number of hydrogen-bond donors (Lipinski definition) is 2. The molecule has 0 aromatic heterocycles. The predicted molar refractivity (Wildman–Crippen MR) is 112 cm³/mol. The van der Waals surface area contributed by atoms with Crippen LogP contribution in [-0.4, -0.2) is 23.2 Å². The summed E-state index contributed by atoms with van der Waals surface area (Å²) in [4.78, 5) is 25.7. The lowest BCUT2D eigenvalue weighted by Gasteiger charge is -2.23. The normalized spacial score (nSPS) is 19.0. The molecule has 1 aliphatic heterocycles. The second kappa shape index (κ2) is 8.45. The zero-order chi connectivity index (χ0) is 19.5. The number of rotatable bonds is 5. The summed E-state index contributed by atoms with van der Waals surface area (Å²) in [5, 5.41) is 5.69. The van der Waals surface area contributed by atoms with Crippen molar-refractivity contribution in [3.8, 4) is 5.75 Å². The number of halogens is 1. The van der Waals surface area contributed by atoms with Crippen LogP contribution in [0, 0.1) is 0 Å². The maximum Gasteiger partial charge on any atom is 0.238 e. The summed E-state index contributed by atoms with van der Waals surface area (Å²) in [5.41, 5.74) is 1.38. The molecule has 1 atom stereocenters. The minimum absolute atomic E-state index is 0.0861. The number of para-hydroxylation sites is 1. The van der Waals surface area contributed by atoms with E-state index in [1.807, 2.05) is 24.3 Å². The smallest absolute Gasteiger partial charge is 0.238 e. The topological polar surface area (TPSA) is 67.4 Å². The summed E-state index contributed by atoms with van der Waals surface area (Å²) in [6, 6.07) is 12.8. The van der Waals surface area contributed by atoms with E-state index in [9.17, 15) is 9.59 Å². The summed E-state index contributed by atoms with van der Waals surface area (Å²) in [6.45, 7) is 0. The molecule has 2 aromatic carbocycles. The lowest BCUT2D eigenvalue weighted by atomic mass is 10.2. The molecule has 1 aliphatic carbocycles. The van der Waals surface area contributed by atoms with Crippen LogP contribution >= 0.6 is 23.4 Å². The van der Waals surface area contributed by atoms with E-state index < -0.39 is 5.25 Å². The molecule has 1 unspecified atom stereocenters. The first-order valence-corrected chi connectivity index (χ1v) is 10.7. The third-order valence-electron chi connectivity index (χ3n) is 4.89. The van der Waals surface area contributed by atoms with Gasteiger partial charge in [-0.3, -0.25) is 9.59 Å². The van der Waals surface area contributed by atoms with Crippen LogP contribution in [0.2, 0.25) is 5.02 Å². The summed E-state index contributed by atoms with van der Waals surface area (Å²) in [6.07, 6.45) is 4.80. The van der Waals surface area contributed by atoms with Gasteiger partial charge in [0, 0.05) is 17.0 Å². The summed E-state index contributed by atoms with van der Waals surface area (Å²) < 4.78 is 5.93. The summed E-state index contributed by atoms with van der Waals surface area (Å²) >= 11 is 7.73. The van der Waals surface area contributed by atoms with Crippen molar-refractivity contribution in [3.63, 3.8) is 0 Å². The van der Waals surface area contributed by atoms with E-state index in [1.165, 1.54) is 24.6 Å². The fourth-order valence-corrected chi connectivity index (χ4v) is 4.80. The number of anilines is 2. The van der Waals surface area contributed by atoms with Gasteiger partial charge in [0.1, 0.15) is 5.75 Å². The van der Waals surface area contributed by atoms with Crippen molar-refractivity contribution in [2.45, 2.75) is 48.4 Å². The number of fused-ring (bicyclic) bond motifs is 1. The van der Waals surface area contributed by atoms with Gasteiger partial charge >= 0.3 is 0 Å². The number of carbonyl (C=O) groups is 2. The Morgan fingerprint density at radius 2 is 2.00 bits per heavy atom. The van der Waals surface area contributed by atoms with E-state index in [-0.39, 0.29) is 24.3 Å². The number of thioether (sulfide) groups is 1. The Balaban J connectivity index is 1.36. The SMILES string of the molecule is O=C(CC1Sc2ccccc2NC1=O)Nc1ccc(OC2CCCC2)c(Cl)c1. The van der Waals surface area contributed by atoms with Crippen molar-refractivity contribution >= 4 is 46.6 Å². The predicted octanol–water partition coefficient (Wildman–Crippen LogP) is 5.10. The molecule has 1 fully saturated rings. The van der Waals surface area contributed by atoms with Crippen LogP contribution < -0.4 is 15.4 Å². The largest absolute Gasteiger partial charge is 0.489 e. The summed E-state index contributed by atoms with van der Waals surface area (Å²) in [5.74, 6) is 0.259. The Hall–Kier alpha value is -2.18. The minimum atomic E-state index is -0.463. The highest BCUT2D eigenvalue weighted by atomic mass is 35.5. The molecule has 146 valence electrons. The van der Waals surface area contributed by atoms with Gasteiger partial charge < -0.3 is 15.4 Å². The first kappa shape index (κ1) is 19.2. The van der Waals surface area contributed by atoms with Crippen LogP contribution in [0.4, 0.5) is 11.4 Å². The monoisotopic (exact) mass is 416 g/mol. The van der Waals surface area contributed by atoms with E-state index in [4.69, 9.17) is 16.3 Å². The molecule has 1 heterocycles. The van der Waals surface area contributed by atoms with Gasteiger partial charge in [-0.1, -0.05) is 23.7 Å². The van der Waals surface area contributed by atoms with Crippen molar-refractivity contribution in [2.24, 2.45) is 0 Å². The van der Waals surface area contributed by atoms with Gasteiger partial charge in [-0.2, -0.15) is 0 Å². The van der Waals surface area contributed by atoms with Gasteiger partial charge in [-0.15, -0.1) is 11.8 Å². The minimum Gasteiger partial charge on any atom is -0.489 e. The molecule has 0 saturated heterocycles. The van der Waals surface area contributed by atoms with Crippen LogP contribution in [0.3, 0.4) is 0 Å². The third-order valence-corrected chi connectivity index (χ3v) is 6.46. The fraction of sp³-hybridized carbons (Fsp3) is 0.333. The molecule has 0 radical (unpaired) electrons. The third kappa shape index (κ3) is 4.45. The first-order valence-electron chi connectivity index (χ1n) is 9.41. The molecule has 28 heavy (non-hydrogen) atoms. The van der Waals surface area contributed by atoms with Crippen LogP contribution in [-0.2, 0) is 9.59 Å². The number of nitrogens with one attached hydrogen (secondary N) is 2. The number of carbonyl (C=O) groups excluding carboxylic acids is 2. The van der Waals surface area contributed by atoms with Crippen LogP contribution in [0.5, 0.6) is 5.75 Å². The highest BCUT2D eigenvalue weighted by Crippen LogP contribution is 2.37. The molecule has 2 N–H and O–H groups in total. The van der Waals surface area contributed by atoms with Crippen molar-refractivity contribution in [2.75, 3.05) is 10.6 Å². The van der Waals surface area contributed by atoms with Crippen LogP contribution in [0.25, 0.3) is 0 Å². The molecule has 0 bridgehead atoms. The van der Waals surface area contributed by atoms with Gasteiger partial charge in [-0.25, -0.2) is 0 Å². The van der Waals surface area contributed by atoms with Crippen LogP contribution in [0.1, 0.15) is 32.1 Å². The molecule has 2 aromatic rings. The maximum atomic E-state index is 12.4. The molecule has 5 nitrogen and oxygen atoms in total. The molecule has 4 rings (SSSR count). The van der Waals surface area contributed by atoms with E-state index in [2.05, 4.69) is 10.6 Å². The Labute approximate surface area is 173 Å². The average molecular weight is 417 g/mol. The average Bonchev–Trinajstić information content (AvgIpc) is 3.18. The highest BCUT2D eigenvalue weighted by Gasteiger charge is 2.28. The molecule has 0 spiro atoms. The van der Waals surface area contributed by atoms with E-state index in [0.717, 1.165) is 23.4 Å². The Morgan fingerprint density at radius 1 is 1.21 bits per heavy atom. The Kier molecular flexibility index (Phi) is 5.78.